The molecule has 0 aliphatic heterocycles. The van der Waals surface area contributed by atoms with E-state index in [9.17, 15) is 4.79 Å². The van der Waals surface area contributed by atoms with Gasteiger partial charge >= 0.3 is 0 Å². The molecule has 5 heteroatoms. The van der Waals surface area contributed by atoms with Gasteiger partial charge in [0.15, 0.2) is 0 Å². The van der Waals surface area contributed by atoms with Crippen LogP contribution in [0.2, 0.25) is 0 Å². The van der Waals surface area contributed by atoms with Crippen LogP contribution in [0.1, 0.15) is 17.4 Å². The zero-order chi connectivity index (χ0) is 12.1. The molecule has 4 nitrogen and oxygen atoms in total. The second-order valence-electron chi connectivity index (χ2n) is 3.55. The molecule has 0 spiro atoms. The highest BCUT2D eigenvalue weighted by Crippen LogP contribution is 2.15. The number of likely N-dealkylation sites (N-methyl/N-ethyl adjacent to an activating group) is 1. The number of carbonyl (C=O) groups is 1. The van der Waals surface area contributed by atoms with Gasteiger partial charge in [-0.25, -0.2) is 4.98 Å². The van der Waals surface area contributed by atoms with Crippen LogP contribution < -0.4 is 0 Å². The summed E-state index contributed by atoms with van der Waals surface area (Å²) in [6.45, 7) is 2.44. The first-order chi connectivity index (χ1) is 7.57. The maximum absolute atomic E-state index is 12.1. The van der Waals surface area contributed by atoms with Crippen LogP contribution in [0, 0.1) is 0 Å². The van der Waals surface area contributed by atoms with Gasteiger partial charge in [-0.05, 0) is 35.0 Å². The minimum Gasteiger partial charge on any atom is -0.383 e. The van der Waals surface area contributed by atoms with Gasteiger partial charge in [0.1, 0.15) is 5.69 Å². The summed E-state index contributed by atoms with van der Waals surface area (Å²) in [6, 6.07) is 3.60. The third-order valence-corrected chi connectivity index (χ3v) is 2.99. The highest BCUT2D eigenvalue weighted by Gasteiger charge is 2.20. The summed E-state index contributed by atoms with van der Waals surface area (Å²) in [5, 5.41) is 0. The Hall–Kier alpha value is -0.940. The molecule has 88 valence electrons. The van der Waals surface area contributed by atoms with Crippen LogP contribution in [0.15, 0.2) is 22.8 Å². The van der Waals surface area contributed by atoms with Crippen molar-refractivity contribution in [2.75, 3.05) is 20.8 Å². The molecule has 0 radical (unpaired) electrons. The van der Waals surface area contributed by atoms with Crippen molar-refractivity contribution in [2.45, 2.75) is 13.0 Å². The van der Waals surface area contributed by atoms with Gasteiger partial charge in [-0.1, -0.05) is 0 Å². The van der Waals surface area contributed by atoms with Gasteiger partial charge in [0.25, 0.3) is 5.91 Å². The van der Waals surface area contributed by atoms with E-state index >= 15 is 0 Å². The average molecular weight is 287 g/mol. The summed E-state index contributed by atoms with van der Waals surface area (Å²) < 4.78 is 5.72. The summed E-state index contributed by atoms with van der Waals surface area (Å²) in [5.74, 6) is -0.114. The fourth-order valence-electron chi connectivity index (χ4n) is 1.26. The Labute approximate surface area is 104 Å². The standard InChI is InChI=1S/C11H15BrN2O2/c1-8(7-16-3)14(2)11(15)10-9(12)5-4-6-13-10/h4-6,8H,7H2,1-3H3. The number of pyridine rings is 1. The molecule has 1 aromatic heterocycles. The van der Waals surface area contributed by atoms with Crippen LogP contribution in [0.3, 0.4) is 0 Å². The van der Waals surface area contributed by atoms with Crippen molar-refractivity contribution in [1.29, 1.82) is 0 Å². The van der Waals surface area contributed by atoms with E-state index in [4.69, 9.17) is 4.74 Å². The minimum absolute atomic E-state index is 0.0198. The van der Waals surface area contributed by atoms with Gasteiger partial charge in [-0.3, -0.25) is 4.79 Å². The number of ether oxygens (including phenoxy) is 1. The molecule has 1 atom stereocenters. The van der Waals surface area contributed by atoms with E-state index in [-0.39, 0.29) is 11.9 Å². The quantitative estimate of drug-likeness (QED) is 0.850. The third kappa shape index (κ3) is 3.02. The number of halogens is 1. The molecule has 1 rings (SSSR count). The van der Waals surface area contributed by atoms with Crippen molar-refractivity contribution in [3.8, 4) is 0 Å². The van der Waals surface area contributed by atoms with Crippen molar-refractivity contribution in [3.05, 3.63) is 28.5 Å². The molecule has 1 amide bonds. The molecule has 0 bridgehead atoms. The minimum atomic E-state index is -0.114. The van der Waals surface area contributed by atoms with E-state index < -0.39 is 0 Å². The number of amides is 1. The number of methoxy groups -OCH3 is 1. The molecule has 0 fully saturated rings. The van der Waals surface area contributed by atoms with E-state index in [2.05, 4.69) is 20.9 Å². The highest BCUT2D eigenvalue weighted by molar-refractivity contribution is 9.10. The van der Waals surface area contributed by atoms with Crippen LogP contribution >= 0.6 is 15.9 Å². The van der Waals surface area contributed by atoms with E-state index in [1.807, 2.05) is 6.92 Å². The topological polar surface area (TPSA) is 42.4 Å². The SMILES string of the molecule is COCC(C)N(C)C(=O)c1ncccc1Br. The zero-order valence-electron chi connectivity index (χ0n) is 9.61. The van der Waals surface area contributed by atoms with Crippen molar-refractivity contribution in [1.82, 2.24) is 9.88 Å². The molecule has 1 aromatic rings. The largest absolute Gasteiger partial charge is 0.383 e. The van der Waals surface area contributed by atoms with E-state index in [0.29, 0.717) is 16.8 Å². The lowest BCUT2D eigenvalue weighted by Crippen LogP contribution is -2.38. The summed E-state index contributed by atoms with van der Waals surface area (Å²) in [7, 11) is 3.36. The van der Waals surface area contributed by atoms with Crippen molar-refractivity contribution in [3.63, 3.8) is 0 Å². The lowest BCUT2D eigenvalue weighted by Gasteiger charge is -2.24. The lowest BCUT2D eigenvalue weighted by molar-refractivity contribution is 0.0627. The van der Waals surface area contributed by atoms with Crippen LogP contribution in [-0.4, -0.2) is 42.6 Å². The number of rotatable bonds is 4. The number of carbonyl (C=O) groups excluding carboxylic acids is 1. The first-order valence-corrected chi connectivity index (χ1v) is 5.73. The van der Waals surface area contributed by atoms with Gasteiger partial charge in [-0.15, -0.1) is 0 Å². The summed E-state index contributed by atoms with van der Waals surface area (Å²) >= 11 is 3.31. The third-order valence-electron chi connectivity index (χ3n) is 2.35. The molecule has 0 aliphatic carbocycles. The van der Waals surface area contributed by atoms with Gasteiger partial charge in [0, 0.05) is 24.8 Å². The van der Waals surface area contributed by atoms with Crippen molar-refractivity contribution < 1.29 is 9.53 Å². The Balaban J connectivity index is 2.82. The fourth-order valence-corrected chi connectivity index (χ4v) is 1.69. The van der Waals surface area contributed by atoms with E-state index in [1.54, 1.807) is 37.4 Å². The number of nitrogens with zero attached hydrogens (tertiary/aromatic N) is 2. The first kappa shape index (κ1) is 13.1. The molecule has 1 heterocycles. The lowest BCUT2D eigenvalue weighted by atomic mass is 10.2. The van der Waals surface area contributed by atoms with Gasteiger partial charge < -0.3 is 9.64 Å². The van der Waals surface area contributed by atoms with Crippen LogP contribution in [-0.2, 0) is 4.74 Å². The monoisotopic (exact) mass is 286 g/mol. The Morgan fingerprint density at radius 1 is 1.69 bits per heavy atom. The molecule has 0 N–H and O–H groups in total. The van der Waals surface area contributed by atoms with E-state index in [1.165, 1.54) is 0 Å². The number of hydrogen-bond acceptors (Lipinski definition) is 3. The normalized spacial score (nSPS) is 12.2. The van der Waals surface area contributed by atoms with Gasteiger partial charge in [-0.2, -0.15) is 0 Å². The second kappa shape index (κ2) is 5.96. The molecule has 0 saturated carbocycles. The summed E-state index contributed by atoms with van der Waals surface area (Å²) in [6.07, 6.45) is 1.60. The molecule has 16 heavy (non-hydrogen) atoms. The van der Waals surface area contributed by atoms with Crippen molar-refractivity contribution in [2.24, 2.45) is 0 Å². The maximum Gasteiger partial charge on any atom is 0.273 e. The number of hydrogen-bond donors (Lipinski definition) is 0. The zero-order valence-corrected chi connectivity index (χ0v) is 11.2. The predicted molar refractivity (Wildman–Crippen MR) is 65.4 cm³/mol. The van der Waals surface area contributed by atoms with Crippen LogP contribution in [0.5, 0.6) is 0 Å². The summed E-state index contributed by atoms with van der Waals surface area (Å²) in [5.41, 5.74) is 0.424. The van der Waals surface area contributed by atoms with Gasteiger partial charge in [0.2, 0.25) is 0 Å². The van der Waals surface area contributed by atoms with Gasteiger partial charge in [0.05, 0.1) is 12.6 Å². The molecule has 1 unspecified atom stereocenters. The second-order valence-corrected chi connectivity index (χ2v) is 4.41. The van der Waals surface area contributed by atoms with E-state index in [0.717, 1.165) is 0 Å². The first-order valence-electron chi connectivity index (χ1n) is 4.94. The Morgan fingerprint density at radius 3 is 2.94 bits per heavy atom. The molecular weight excluding hydrogens is 272 g/mol. The Bertz CT molecular complexity index is 371. The maximum atomic E-state index is 12.1. The molecular formula is C11H15BrN2O2. The number of aromatic nitrogens is 1. The molecule has 0 aromatic carbocycles. The van der Waals surface area contributed by atoms with Crippen LogP contribution in [0.4, 0.5) is 0 Å². The predicted octanol–water partition coefficient (Wildman–Crippen LogP) is 1.95. The van der Waals surface area contributed by atoms with Crippen molar-refractivity contribution >= 4 is 21.8 Å². The Morgan fingerprint density at radius 2 is 2.38 bits per heavy atom. The Kier molecular flexibility index (Phi) is 4.89. The van der Waals surface area contributed by atoms with Crippen LogP contribution in [0.25, 0.3) is 0 Å². The molecule has 0 aliphatic rings. The smallest absolute Gasteiger partial charge is 0.273 e. The highest BCUT2D eigenvalue weighted by atomic mass is 79.9. The summed E-state index contributed by atoms with van der Waals surface area (Å²) in [4.78, 5) is 17.7. The fraction of sp³-hybridized carbons (Fsp3) is 0.455. The average Bonchev–Trinajstić information content (AvgIpc) is 2.28. The molecule has 0 saturated heterocycles.